The summed E-state index contributed by atoms with van der Waals surface area (Å²) >= 11 is 0. The summed E-state index contributed by atoms with van der Waals surface area (Å²) in [5, 5.41) is 11.7. The lowest BCUT2D eigenvalue weighted by Crippen LogP contribution is -2.58. The molecule has 2 aliphatic rings. The zero-order valence-corrected chi connectivity index (χ0v) is 18.1. The van der Waals surface area contributed by atoms with Gasteiger partial charge in [-0.25, -0.2) is 15.0 Å². The first kappa shape index (κ1) is 20.2. The van der Waals surface area contributed by atoms with E-state index in [4.69, 9.17) is 4.74 Å². The number of rotatable bonds is 5. The van der Waals surface area contributed by atoms with Crippen LogP contribution in [-0.2, 0) is 19.2 Å². The zero-order valence-electron chi connectivity index (χ0n) is 18.1. The normalized spacial score (nSPS) is 26.0. The van der Waals surface area contributed by atoms with Crippen LogP contribution in [0.5, 0.6) is 5.75 Å². The Morgan fingerprint density at radius 3 is 2.32 bits per heavy atom. The van der Waals surface area contributed by atoms with Gasteiger partial charge in [0.25, 0.3) is 0 Å². The van der Waals surface area contributed by atoms with Crippen molar-refractivity contribution in [1.29, 1.82) is 0 Å². The van der Waals surface area contributed by atoms with Gasteiger partial charge >= 0.3 is 0 Å². The third-order valence-electron chi connectivity index (χ3n) is 6.95. The third kappa shape index (κ3) is 3.62. The first-order valence-corrected chi connectivity index (χ1v) is 11.0. The standard InChI is InChI=1S/C24H29N5O2/c1-28-11-10-25-23(28)24(30)19-4-3-5-20(24)16-29(15-19)14-17-12-26-22(27-13-17)18-6-8-21(31-2)9-7-18/h6-13,19-20,30H,3-5,14-16H2,1-2H3/t19-,20+,24?. The van der Waals surface area contributed by atoms with E-state index in [2.05, 4.69) is 19.9 Å². The second kappa shape index (κ2) is 8.05. The molecular weight excluding hydrogens is 390 g/mol. The summed E-state index contributed by atoms with van der Waals surface area (Å²) in [7, 11) is 3.64. The van der Waals surface area contributed by atoms with Gasteiger partial charge in [-0.2, -0.15) is 0 Å². The van der Waals surface area contributed by atoms with Gasteiger partial charge in [0.2, 0.25) is 0 Å². The Morgan fingerprint density at radius 1 is 1.06 bits per heavy atom. The Balaban J connectivity index is 1.30. The molecule has 5 rings (SSSR count). The first-order chi connectivity index (χ1) is 15.1. The number of methoxy groups -OCH3 is 1. The highest BCUT2D eigenvalue weighted by Crippen LogP contribution is 2.48. The van der Waals surface area contributed by atoms with E-state index in [1.54, 1.807) is 13.3 Å². The van der Waals surface area contributed by atoms with E-state index in [1.165, 1.54) is 6.42 Å². The van der Waals surface area contributed by atoms with Crippen molar-refractivity contribution in [1.82, 2.24) is 24.4 Å². The molecule has 1 unspecified atom stereocenters. The molecule has 1 saturated heterocycles. The van der Waals surface area contributed by atoms with Gasteiger partial charge in [0.1, 0.15) is 17.2 Å². The summed E-state index contributed by atoms with van der Waals surface area (Å²) in [6.45, 7) is 2.52. The molecule has 7 nitrogen and oxygen atoms in total. The number of aliphatic hydroxyl groups is 1. The van der Waals surface area contributed by atoms with Gasteiger partial charge in [0.05, 0.1) is 7.11 Å². The smallest absolute Gasteiger partial charge is 0.159 e. The maximum Gasteiger partial charge on any atom is 0.159 e. The molecular formula is C24H29N5O2. The van der Waals surface area contributed by atoms with Gasteiger partial charge in [-0.05, 0) is 37.1 Å². The molecule has 3 aromatic rings. The van der Waals surface area contributed by atoms with Crippen LogP contribution in [-0.4, -0.2) is 49.7 Å². The number of fused-ring (bicyclic) bond motifs is 2. The van der Waals surface area contributed by atoms with Crippen LogP contribution in [0.25, 0.3) is 11.4 Å². The molecule has 162 valence electrons. The molecule has 0 radical (unpaired) electrons. The Labute approximate surface area is 182 Å². The summed E-state index contributed by atoms with van der Waals surface area (Å²) in [6, 6.07) is 7.78. The maximum atomic E-state index is 11.7. The van der Waals surface area contributed by atoms with E-state index in [9.17, 15) is 5.11 Å². The number of imidazole rings is 1. The predicted octanol–water partition coefficient (Wildman–Crippen LogP) is 3.01. The van der Waals surface area contributed by atoms with E-state index in [0.29, 0.717) is 5.82 Å². The quantitative estimate of drug-likeness (QED) is 0.685. The van der Waals surface area contributed by atoms with Crippen molar-refractivity contribution in [3.05, 3.63) is 60.4 Å². The molecule has 1 saturated carbocycles. The molecule has 2 fully saturated rings. The van der Waals surface area contributed by atoms with Crippen molar-refractivity contribution in [2.24, 2.45) is 18.9 Å². The van der Waals surface area contributed by atoms with E-state index in [-0.39, 0.29) is 11.8 Å². The monoisotopic (exact) mass is 419 g/mol. The highest BCUT2D eigenvalue weighted by atomic mass is 16.5. The largest absolute Gasteiger partial charge is 0.497 e. The van der Waals surface area contributed by atoms with Crippen molar-refractivity contribution in [3.63, 3.8) is 0 Å². The fourth-order valence-electron chi connectivity index (χ4n) is 5.37. The second-order valence-corrected chi connectivity index (χ2v) is 8.85. The molecule has 1 aliphatic carbocycles. The topological polar surface area (TPSA) is 76.3 Å². The number of hydrogen-bond donors (Lipinski definition) is 1. The summed E-state index contributed by atoms with van der Waals surface area (Å²) in [5.74, 6) is 2.74. The van der Waals surface area contributed by atoms with Crippen LogP contribution in [0.4, 0.5) is 0 Å². The number of aryl methyl sites for hydroxylation is 1. The number of benzene rings is 1. The van der Waals surface area contributed by atoms with Gasteiger partial charge in [-0.1, -0.05) is 6.42 Å². The fraction of sp³-hybridized carbons (Fsp3) is 0.458. The van der Waals surface area contributed by atoms with Crippen LogP contribution in [0.15, 0.2) is 49.1 Å². The van der Waals surface area contributed by atoms with E-state index in [1.807, 2.05) is 54.5 Å². The molecule has 0 amide bonds. The Bertz CT molecular complexity index is 1020. The Morgan fingerprint density at radius 2 is 1.74 bits per heavy atom. The Hall–Kier alpha value is -2.77. The molecule has 2 aromatic heterocycles. The first-order valence-electron chi connectivity index (χ1n) is 11.0. The molecule has 0 spiro atoms. The minimum atomic E-state index is -0.832. The van der Waals surface area contributed by atoms with Gasteiger partial charge in [0, 0.05) is 74.4 Å². The summed E-state index contributed by atoms with van der Waals surface area (Å²) in [6.07, 6.45) is 10.8. The van der Waals surface area contributed by atoms with Gasteiger partial charge in [-0.15, -0.1) is 0 Å². The third-order valence-corrected chi connectivity index (χ3v) is 6.95. The molecule has 1 N–H and O–H groups in total. The number of nitrogens with zero attached hydrogens (tertiary/aromatic N) is 5. The number of hydrogen-bond acceptors (Lipinski definition) is 6. The van der Waals surface area contributed by atoms with Crippen LogP contribution < -0.4 is 4.74 Å². The van der Waals surface area contributed by atoms with E-state index >= 15 is 0 Å². The summed E-state index contributed by atoms with van der Waals surface area (Å²) < 4.78 is 7.19. The average molecular weight is 420 g/mol. The SMILES string of the molecule is COc1ccc(-c2ncc(CN3C[C@H]4CCC[C@@H](C3)C4(O)c3nccn3C)cn2)cc1. The van der Waals surface area contributed by atoms with Crippen molar-refractivity contribution in [2.75, 3.05) is 20.2 Å². The van der Waals surface area contributed by atoms with Crippen molar-refractivity contribution in [2.45, 2.75) is 31.4 Å². The molecule has 1 aromatic carbocycles. The Kier molecular flexibility index (Phi) is 5.24. The van der Waals surface area contributed by atoms with Crippen LogP contribution in [0.1, 0.15) is 30.7 Å². The molecule has 2 bridgehead atoms. The number of aromatic nitrogens is 4. The number of piperidine rings is 1. The predicted molar refractivity (Wildman–Crippen MR) is 117 cm³/mol. The second-order valence-electron chi connectivity index (χ2n) is 8.85. The fourth-order valence-corrected chi connectivity index (χ4v) is 5.37. The van der Waals surface area contributed by atoms with E-state index in [0.717, 1.165) is 55.2 Å². The van der Waals surface area contributed by atoms with Crippen molar-refractivity contribution < 1.29 is 9.84 Å². The lowest BCUT2D eigenvalue weighted by atomic mass is 9.65. The van der Waals surface area contributed by atoms with Gasteiger partial charge in [-0.3, -0.25) is 4.90 Å². The molecule has 3 atom stereocenters. The average Bonchev–Trinajstić information content (AvgIpc) is 3.22. The summed E-state index contributed by atoms with van der Waals surface area (Å²) in [4.78, 5) is 16.1. The van der Waals surface area contributed by atoms with Crippen molar-refractivity contribution in [3.8, 4) is 17.1 Å². The molecule has 7 heteroatoms. The van der Waals surface area contributed by atoms with Crippen LogP contribution in [0.3, 0.4) is 0 Å². The maximum absolute atomic E-state index is 11.7. The number of likely N-dealkylation sites (tertiary alicyclic amines) is 1. The van der Waals surface area contributed by atoms with Crippen LogP contribution >= 0.6 is 0 Å². The van der Waals surface area contributed by atoms with Crippen LogP contribution in [0.2, 0.25) is 0 Å². The lowest BCUT2D eigenvalue weighted by Gasteiger charge is -2.52. The lowest BCUT2D eigenvalue weighted by molar-refractivity contribution is -0.155. The number of ether oxygens (including phenoxy) is 1. The minimum Gasteiger partial charge on any atom is -0.497 e. The minimum absolute atomic E-state index is 0.195. The van der Waals surface area contributed by atoms with Crippen molar-refractivity contribution >= 4 is 0 Å². The highest BCUT2D eigenvalue weighted by Gasteiger charge is 2.53. The molecule has 31 heavy (non-hydrogen) atoms. The van der Waals surface area contributed by atoms with Gasteiger partial charge < -0.3 is 14.4 Å². The summed E-state index contributed by atoms with van der Waals surface area (Å²) in [5.41, 5.74) is 1.24. The van der Waals surface area contributed by atoms with E-state index < -0.39 is 5.60 Å². The molecule has 3 heterocycles. The van der Waals surface area contributed by atoms with Crippen LogP contribution in [0, 0.1) is 11.8 Å². The molecule has 1 aliphatic heterocycles. The highest BCUT2D eigenvalue weighted by molar-refractivity contribution is 5.55. The zero-order chi connectivity index (χ0) is 21.4. The van der Waals surface area contributed by atoms with Gasteiger partial charge in [0.15, 0.2) is 5.82 Å².